The van der Waals surface area contributed by atoms with Crippen molar-refractivity contribution in [1.29, 1.82) is 0 Å². The van der Waals surface area contributed by atoms with Crippen molar-refractivity contribution >= 4 is 17.4 Å². The second-order valence-corrected chi connectivity index (χ2v) is 8.28. The van der Waals surface area contributed by atoms with Crippen molar-refractivity contribution in [2.75, 3.05) is 20.2 Å². The van der Waals surface area contributed by atoms with Crippen molar-refractivity contribution in [1.82, 2.24) is 14.8 Å². The van der Waals surface area contributed by atoms with Crippen LogP contribution >= 0.6 is 0 Å². The molecular formula is C28H29N3O3. The van der Waals surface area contributed by atoms with E-state index < -0.39 is 0 Å². The van der Waals surface area contributed by atoms with Crippen LogP contribution in [-0.2, 0) is 22.6 Å². The van der Waals surface area contributed by atoms with Crippen molar-refractivity contribution < 1.29 is 14.3 Å². The van der Waals surface area contributed by atoms with Crippen LogP contribution in [0, 0.1) is 6.92 Å². The number of aryl methyl sites for hydroxylation is 1. The van der Waals surface area contributed by atoms with Gasteiger partial charge in [0, 0.05) is 31.0 Å². The molecule has 0 saturated heterocycles. The first-order valence-corrected chi connectivity index (χ1v) is 11.5. The smallest absolute Gasteiger partial charge is 0.278 e. The van der Waals surface area contributed by atoms with Crippen molar-refractivity contribution in [2.24, 2.45) is 0 Å². The molecule has 34 heavy (non-hydrogen) atoms. The fraction of sp³-hybridized carbons (Fsp3) is 0.250. The molecule has 3 aromatic rings. The van der Waals surface area contributed by atoms with Gasteiger partial charge in [-0.25, -0.2) is 0 Å². The molecule has 0 unspecified atom stereocenters. The van der Waals surface area contributed by atoms with Gasteiger partial charge in [0.05, 0.1) is 19.2 Å². The molecule has 6 heteroatoms. The number of likely N-dealkylation sites (N-methyl/N-ethyl adjacent to an activating group) is 1. The summed E-state index contributed by atoms with van der Waals surface area (Å²) in [5.74, 6) is 0.0960. The SMILES string of the molecule is CCN(CCc1ccncc1)C1=C(c2ccc(C)cc2)C(=O)N(Cc2ccccc2OC)C1=O. The van der Waals surface area contributed by atoms with Crippen molar-refractivity contribution in [3.63, 3.8) is 0 Å². The summed E-state index contributed by atoms with van der Waals surface area (Å²) < 4.78 is 5.46. The molecule has 0 radical (unpaired) electrons. The van der Waals surface area contributed by atoms with Gasteiger partial charge < -0.3 is 9.64 Å². The van der Waals surface area contributed by atoms with Crippen LogP contribution in [-0.4, -0.2) is 46.8 Å². The van der Waals surface area contributed by atoms with E-state index in [1.54, 1.807) is 19.5 Å². The zero-order valence-electron chi connectivity index (χ0n) is 19.8. The molecule has 174 valence electrons. The Bertz CT molecular complexity index is 1200. The van der Waals surface area contributed by atoms with Gasteiger partial charge in [-0.2, -0.15) is 0 Å². The molecule has 0 saturated carbocycles. The quantitative estimate of drug-likeness (QED) is 0.452. The van der Waals surface area contributed by atoms with Gasteiger partial charge in [-0.05, 0) is 49.6 Å². The Morgan fingerprint density at radius 2 is 1.65 bits per heavy atom. The van der Waals surface area contributed by atoms with E-state index in [2.05, 4.69) is 4.98 Å². The van der Waals surface area contributed by atoms with Crippen LogP contribution in [0.4, 0.5) is 0 Å². The molecule has 0 N–H and O–H groups in total. The first kappa shape index (κ1) is 23.2. The molecule has 6 nitrogen and oxygen atoms in total. The number of carbonyl (C=O) groups is 2. The zero-order chi connectivity index (χ0) is 24.1. The predicted octanol–water partition coefficient (Wildman–Crippen LogP) is 4.24. The molecule has 2 heterocycles. The summed E-state index contributed by atoms with van der Waals surface area (Å²) >= 11 is 0. The number of carbonyl (C=O) groups excluding carboxylic acids is 2. The lowest BCUT2D eigenvalue weighted by atomic mass is 10.0. The van der Waals surface area contributed by atoms with E-state index in [1.807, 2.05) is 79.4 Å². The second kappa shape index (κ2) is 10.3. The van der Waals surface area contributed by atoms with E-state index >= 15 is 0 Å². The molecule has 2 aromatic carbocycles. The standard InChI is InChI=1S/C28H29N3O3/c1-4-30(18-15-21-13-16-29-17-14-21)26-25(22-11-9-20(2)10-12-22)27(32)31(28(26)33)19-23-7-5-6-8-24(23)34-3/h5-14,16-17H,4,15,18-19H2,1-3H3. The molecule has 1 aromatic heterocycles. The highest BCUT2D eigenvalue weighted by Gasteiger charge is 2.41. The molecule has 4 rings (SSSR count). The Morgan fingerprint density at radius 1 is 0.941 bits per heavy atom. The molecule has 1 aliphatic rings. The minimum atomic E-state index is -0.280. The average molecular weight is 456 g/mol. The average Bonchev–Trinajstić information content (AvgIpc) is 3.11. The van der Waals surface area contributed by atoms with E-state index in [0.29, 0.717) is 30.1 Å². The van der Waals surface area contributed by atoms with E-state index in [1.165, 1.54) is 4.90 Å². The second-order valence-electron chi connectivity index (χ2n) is 8.28. The third-order valence-electron chi connectivity index (χ3n) is 6.12. The van der Waals surface area contributed by atoms with Gasteiger partial charge in [-0.3, -0.25) is 19.5 Å². The van der Waals surface area contributed by atoms with E-state index in [4.69, 9.17) is 4.74 Å². The Morgan fingerprint density at radius 3 is 2.32 bits per heavy atom. The summed E-state index contributed by atoms with van der Waals surface area (Å²) in [4.78, 5) is 34.8. The fourth-order valence-electron chi connectivity index (χ4n) is 4.23. The summed E-state index contributed by atoms with van der Waals surface area (Å²) in [6, 6.07) is 19.2. The summed E-state index contributed by atoms with van der Waals surface area (Å²) in [5, 5.41) is 0. The number of benzene rings is 2. The number of pyridine rings is 1. The van der Waals surface area contributed by atoms with Crippen molar-refractivity contribution in [2.45, 2.75) is 26.8 Å². The maximum absolute atomic E-state index is 13.7. The summed E-state index contributed by atoms with van der Waals surface area (Å²) in [6.07, 6.45) is 4.28. The van der Waals surface area contributed by atoms with Crippen LogP contribution < -0.4 is 4.74 Å². The van der Waals surface area contributed by atoms with Crippen molar-refractivity contribution in [3.8, 4) is 5.75 Å². The lowest BCUT2D eigenvalue weighted by molar-refractivity contribution is -0.138. The van der Waals surface area contributed by atoms with Gasteiger partial charge in [0.2, 0.25) is 0 Å². The highest BCUT2D eigenvalue weighted by atomic mass is 16.5. The summed E-state index contributed by atoms with van der Waals surface area (Å²) in [6.45, 7) is 5.39. The molecule has 1 aliphatic heterocycles. The number of methoxy groups -OCH3 is 1. The molecule has 0 bridgehead atoms. The third-order valence-corrected chi connectivity index (χ3v) is 6.12. The molecular weight excluding hydrogens is 426 g/mol. The van der Waals surface area contributed by atoms with E-state index in [-0.39, 0.29) is 18.4 Å². The number of hydrogen-bond acceptors (Lipinski definition) is 5. The number of ether oxygens (including phenoxy) is 1. The summed E-state index contributed by atoms with van der Waals surface area (Å²) in [7, 11) is 1.59. The maximum Gasteiger partial charge on any atom is 0.278 e. The Kier molecular flexibility index (Phi) is 7.07. The maximum atomic E-state index is 13.7. The van der Waals surface area contributed by atoms with Gasteiger partial charge in [-0.1, -0.05) is 48.0 Å². The van der Waals surface area contributed by atoms with Crippen LogP contribution in [0.15, 0.2) is 78.8 Å². The Balaban J connectivity index is 1.71. The topological polar surface area (TPSA) is 62.7 Å². The zero-order valence-corrected chi connectivity index (χ0v) is 19.8. The Labute approximate surface area is 200 Å². The molecule has 0 fully saturated rings. The van der Waals surface area contributed by atoms with E-state index in [9.17, 15) is 9.59 Å². The van der Waals surface area contributed by atoms with Gasteiger partial charge in [0.25, 0.3) is 11.8 Å². The predicted molar refractivity (Wildman–Crippen MR) is 132 cm³/mol. The van der Waals surface area contributed by atoms with Gasteiger partial charge in [0.1, 0.15) is 11.4 Å². The van der Waals surface area contributed by atoms with E-state index in [0.717, 1.165) is 28.7 Å². The number of hydrogen-bond donors (Lipinski definition) is 0. The van der Waals surface area contributed by atoms with Gasteiger partial charge in [0.15, 0.2) is 0 Å². The third kappa shape index (κ3) is 4.71. The molecule has 0 atom stereocenters. The largest absolute Gasteiger partial charge is 0.496 e. The fourth-order valence-corrected chi connectivity index (χ4v) is 4.23. The van der Waals surface area contributed by atoms with Crippen LogP contribution in [0.1, 0.15) is 29.2 Å². The molecule has 0 aliphatic carbocycles. The first-order valence-electron chi connectivity index (χ1n) is 11.5. The molecule has 2 amide bonds. The van der Waals surface area contributed by atoms with Crippen LogP contribution in [0.25, 0.3) is 5.57 Å². The number of nitrogens with zero attached hydrogens (tertiary/aromatic N) is 3. The highest BCUT2D eigenvalue weighted by molar-refractivity contribution is 6.35. The van der Waals surface area contributed by atoms with Crippen molar-refractivity contribution in [3.05, 3.63) is 101 Å². The number of para-hydroxylation sites is 1. The van der Waals surface area contributed by atoms with Gasteiger partial charge >= 0.3 is 0 Å². The number of rotatable bonds is 9. The van der Waals surface area contributed by atoms with Crippen LogP contribution in [0.3, 0.4) is 0 Å². The lowest BCUT2D eigenvalue weighted by Gasteiger charge is -2.25. The number of aromatic nitrogens is 1. The monoisotopic (exact) mass is 455 g/mol. The van der Waals surface area contributed by atoms with Crippen LogP contribution in [0.5, 0.6) is 5.75 Å². The highest BCUT2D eigenvalue weighted by Crippen LogP contribution is 2.34. The lowest BCUT2D eigenvalue weighted by Crippen LogP contribution is -2.35. The Hall–Kier alpha value is -3.93. The minimum absolute atomic E-state index is 0.155. The number of amides is 2. The first-order chi connectivity index (χ1) is 16.5. The number of imide groups is 1. The molecule has 0 spiro atoms. The minimum Gasteiger partial charge on any atom is -0.496 e. The summed E-state index contributed by atoms with van der Waals surface area (Å²) in [5.41, 5.74) is 4.68. The van der Waals surface area contributed by atoms with Crippen LogP contribution in [0.2, 0.25) is 0 Å². The van der Waals surface area contributed by atoms with Gasteiger partial charge in [-0.15, -0.1) is 0 Å². The normalized spacial score (nSPS) is 13.6.